The highest BCUT2D eigenvalue weighted by atomic mass is 14.3. The van der Waals surface area contributed by atoms with E-state index < -0.39 is 0 Å². The average Bonchev–Trinajstić information content (AvgIpc) is 3.35. The SMILES string of the molecule is CC1CCC(C)CC1.CC1CCCC(C)C1.CCC1CC(C)C1.CCC1CCC(C)C1.CCC1CCCC(C)C1. The molecule has 5 aliphatic rings. The Morgan fingerprint density at radius 2 is 0.625 bits per heavy atom. The van der Waals surface area contributed by atoms with E-state index in [-0.39, 0.29) is 0 Å². The third-order valence-electron chi connectivity index (χ3n) is 11.6. The van der Waals surface area contributed by atoms with Crippen molar-refractivity contribution in [3.63, 3.8) is 0 Å². The molecule has 5 fully saturated rings. The van der Waals surface area contributed by atoms with Crippen molar-refractivity contribution >= 4 is 0 Å². The first-order valence-corrected chi connectivity index (χ1v) is 19.1. The summed E-state index contributed by atoms with van der Waals surface area (Å²) in [6.07, 6.45) is 29.5. The molecule has 0 aromatic carbocycles. The Hall–Kier alpha value is 0. The van der Waals surface area contributed by atoms with E-state index in [4.69, 9.17) is 0 Å². The topological polar surface area (TPSA) is 0 Å². The Morgan fingerprint density at radius 3 is 0.875 bits per heavy atom. The molecule has 6 unspecified atom stereocenters. The van der Waals surface area contributed by atoms with Gasteiger partial charge in [0.1, 0.15) is 0 Å². The molecule has 0 bridgehead atoms. The summed E-state index contributed by atoms with van der Waals surface area (Å²) in [7, 11) is 0. The van der Waals surface area contributed by atoms with Gasteiger partial charge in [-0.15, -0.1) is 0 Å². The third kappa shape index (κ3) is 18.5. The summed E-state index contributed by atoms with van der Waals surface area (Å²) in [6.45, 7) is 23.5. The summed E-state index contributed by atoms with van der Waals surface area (Å²) in [5.41, 5.74) is 0. The van der Waals surface area contributed by atoms with Gasteiger partial charge in [0.05, 0.1) is 0 Å². The van der Waals surface area contributed by atoms with Crippen LogP contribution in [0.5, 0.6) is 0 Å². The lowest BCUT2D eigenvalue weighted by atomic mass is 9.75. The molecular weight excluding hydrogens is 480 g/mol. The van der Waals surface area contributed by atoms with Crippen LogP contribution in [0.15, 0.2) is 0 Å². The van der Waals surface area contributed by atoms with Gasteiger partial charge in [0, 0.05) is 0 Å². The molecule has 0 N–H and O–H groups in total. The van der Waals surface area contributed by atoms with Crippen molar-refractivity contribution in [2.45, 2.75) is 198 Å². The van der Waals surface area contributed by atoms with Gasteiger partial charge in [-0.3, -0.25) is 0 Å². The van der Waals surface area contributed by atoms with Gasteiger partial charge in [-0.2, -0.15) is 0 Å². The molecule has 0 heteroatoms. The Labute approximate surface area is 256 Å². The predicted molar refractivity (Wildman–Crippen MR) is 184 cm³/mol. The minimum atomic E-state index is 1.01. The second kappa shape index (κ2) is 22.5. The first-order chi connectivity index (χ1) is 19.1. The first-order valence-electron chi connectivity index (χ1n) is 19.1. The Morgan fingerprint density at radius 1 is 0.300 bits per heavy atom. The second-order valence-corrected chi connectivity index (χ2v) is 16.3. The molecule has 0 amide bonds. The second-order valence-electron chi connectivity index (χ2n) is 16.3. The van der Waals surface area contributed by atoms with Gasteiger partial charge in [-0.25, -0.2) is 0 Å². The van der Waals surface area contributed by atoms with Crippen LogP contribution in [0.3, 0.4) is 0 Å². The minimum Gasteiger partial charge on any atom is -0.0651 e. The van der Waals surface area contributed by atoms with Gasteiger partial charge in [-0.1, -0.05) is 166 Å². The number of rotatable bonds is 3. The smallest absolute Gasteiger partial charge is 0.0412 e. The van der Waals surface area contributed by atoms with E-state index in [1.165, 1.54) is 128 Å². The van der Waals surface area contributed by atoms with E-state index in [0.717, 1.165) is 59.2 Å². The number of hydrogen-bond donors (Lipinski definition) is 0. The monoisotopic (exact) mass is 561 g/mol. The van der Waals surface area contributed by atoms with Crippen LogP contribution in [0.2, 0.25) is 0 Å². The van der Waals surface area contributed by atoms with E-state index >= 15 is 0 Å². The summed E-state index contributed by atoms with van der Waals surface area (Å²) in [6, 6.07) is 0. The Bertz CT molecular complexity index is 532. The van der Waals surface area contributed by atoms with E-state index in [0.29, 0.717) is 0 Å². The summed E-state index contributed by atoms with van der Waals surface area (Å²) < 4.78 is 0. The lowest BCUT2D eigenvalue weighted by Gasteiger charge is -2.31. The van der Waals surface area contributed by atoms with E-state index in [1.807, 2.05) is 0 Å². The molecule has 0 aliphatic heterocycles. The van der Waals surface area contributed by atoms with Crippen molar-refractivity contribution in [2.24, 2.45) is 59.2 Å². The van der Waals surface area contributed by atoms with Crippen LogP contribution in [0, 0.1) is 59.2 Å². The molecule has 0 heterocycles. The lowest BCUT2D eigenvalue weighted by Crippen LogP contribution is -2.19. The van der Waals surface area contributed by atoms with Crippen LogP contribution in [0.4, 0.5) is 0 Å². The van der Waals surface area contributed by atoms with Gasteiger partial charge >= 0.3 is 0 Å². The van der Waals surface area contributed by atoms with Crippen molar-refractivity contribution in [1.29, 1.82) is 0 Å². The highest BCUT2D eigenvalue weighted by molar-refractivity contribution is 4.74. The molecule has 5 aliphatic carbocycles. The fourth-order valence-electron chi connectivity index (χ4n) is 8.19. The Kier molecular flexibility index (Phi) is 21.4. The fourth-order valence-corrected chi connectivity index (χ4v) is 8.19. The summed E-state index contributed by atoms with van der Waals surface area (Å²) in [5.74, 6) is 10.4. The zero-order chi connectivity index (χ0) is 29.9. The largest absolute Gasteiger partial charge is 0.0651 e. The number of hydrogen-bond acceptors (Lipinski definition) is 0. The van der Waals surface area contributed by atoms with Crippen LogP contribution < -0.4 is 0 Å². The summed E-state index contributed by atoms with van der Waals surface area (Å²) in [5, 5.41) is 0. The molecule has 0 aromatic heterocycles. The molecule has 0 radical (unpaired) electrons. The van der Waals surface area contributed by atoms with Crippen LogP contribution >= 0.6 is 0 Å². The maximum absolute atomic E-state index is 2.39. The predicted octanol–water partition coefficient (Wildman–Crippen LogP) is 14.2. The van der Waals surface area contributed by atoms with Crippen LogP contribution in [-0.4, -0.2) is 0 Å². The molecule has 6 atom stereocenters. The third-order valence-corrected chi connectivity index (χ3v) is 11.6. The molecule has 5 saturated carbocycles. The molecular formula is C40H80. The van der Waals surface area contributed by atoms with Crippen LogP contribution in [0.25, 0.3) is 0 Å². The molecule has 5 rings (SSSR count). The maximum atomic E-state index is 2.39. The summed E-state index contributed by atoms with van der Waals surface area (Å²) >= 11 is 0. The summed E-state index contributed by atoms with van der Waals surface area (Å²) in [4.78, 5) is 0. The quantitative estimate of drug-likeness (QED) is 0.322. The average molecular weight is 561 g/mol. The molecule has 240 valence electrons. The normalized spacial score (nSPS) is 38.9. The zero-order valence-electron chi connectivity index (χ0n) is 29.9. The van der Waals surface area contributed by atoms with Gasteiger partial charge in [0.2, 0.25) is 0 Å². The standard InChI is InChI=1S/C9H18.3C8H16.C7H14/c1-3-9-6-4-5-8(2)7-9;1-7-3-5-8(2)6-4-7;1-7-4-3-5-8(2)6-7;1-3-8-5-4-7(2)6-8;1-3-7-4-6(2)5-7/h8-9H,3-7H2,1-2H3;3*7-8H,3-6H2,1-2H3;6-7H,3-5H2,1-2H3. The maximum Gasteiger partial charge on any atom is -0.0412 e. The van der Waals surface area contributed by atoms with E-state index in [9.17, 15) is 0 Å². The Balaban J connectivity index is 0.000000250. The van der Waals surface area contributed by atoms with Crippen molar-refractivity contribution in [2.75, 3.05) is 0 Å². The minimum absolute atomic E-state index is 1.01. The van der Waals surface area contributed by atoms with Gasteiger partial charge in [-0.05, 0) is 91.3 Å². The van der Waals surface area contributed by atoms with Gasteiger partial charge in [0.25, 0.3) is 0 Å². The van der Waals surface area contributed by atoms with Gasteiger partial charge < -0.3 is 0 Å². The van der Waals surface area contributed by atoms with E-state index in [1.54, 1.807) is 0 Å². The molecule has 0 saturated heterocycles. The van der Waals surface area contributed by atoms with Crippen LogP contribution in [-0.2, 0) is 0 Å². The van der Waals surface area contributed by atoms with E-state index in [2.05, 4.69) is 69.2 Å². The van der Waals surface area contributed by atoms with Crippen molar-refractivity contribution in [3.8, 4) is 0 Å². The molecule has 40 heavy (non-hydrogen) atoms. The van der Waals surface area contributed by atoms with Crippen molar-refractivity contribution in [3.05, 3.63) is 0 Å². The molecule has 0 spiro atoms. The van der Waals surface area contributed by atoms with Crippen molar-refractivity contribution < 1.29 is 0 Å². The molecule has 0 nitrogen and oxygen atoms in total. The first kappa shape index (κ1) is 38.0. The highest BCUT2D eigenvalue weighted by Gasteiger charge is 2.22. The highest BCUT2D eigenvalue weighted by Crippen LogP contribution is 2.35. The molecule has 0 aromatic rings. The van der Waals surface area contributed by atoms with Crippen molar-refractivity contribution in [1.82, 2.24) is 0 Å². The van der Waals surface area contributed by atoms with Gasteiger partial charge in [0.15, 0.2) is 0 Å². The van der Waals surface area contributed by atoms with Crippen LogP contribution in [0.1, 0.15) is 198 Å². The fraction of sp³-hybridized carbons (Fsp3) is 1.00. The lowest BCUT2D eigenvalue weighted by molar-refractivity contribution is 0.206. The zero-order valence-corrected chi connectivity index (χ0v) is 29.9.